The highest BCUT2D eigenvalue weighted by atomic mass is 16.5. The number of hydrogen-bond donors (Lipinski definition) is 0. The van der Waals surface area contributed by atoms with Gasteiger partial charge in [-0.3, -0.25) is 4.79 Å². The summed E-state index contributed by atoms with van der Waals surface area (Å²) >= 11 is 0. The van der Waals surface area contributed by atoms with Gasteiger partial charge in [0.2, 0.25) is 5.91 Å². The number of hydrogen-bond acceptors (Lipinski definition) is 2. The van der Waals surface area contributed by atoms with Crippen LogP contribution >= 0.6 is 0 Å². The molecule has 0 spiro atoms. The first-order valence-electron chi connectivity index (χ1n) is 6.24. The zero-order chi connectivity index (χ0) is 13.5. The van der Waals surface area contributed by atoms with Crippen molar-refractivity contribution in [2.45, 2.75) is 20.8 Å². The Morgan fingerprint density at radius 3 is 2.56 bits per heavy atom. The Labute approximate surface area is 109 Å². The molecule has 0 saturated carbocycles. The first-order valence-corrected chi connectivity index (χ1v) is 6.24. The third kappa shape index (κ3) is 3.62. The molecule has 1 aromatic rings. The Kier molecular flexibility index (Phi) is 5.43. The fourth-order valence-electron chi connectivity index (χ4n) is 1.79. The molecule has 0 N–H and O–H groups in total. The number of carbonyl (C=O) groups excluding carboxylic acids is 1. The predicted octanol–water partition coefficient (Wildman–Crippen LogP) is 2.89. The molecule has 18 heavy (non-hydrogen) atoms. The van der Waals surface area contributed by atoms with E-state index in [0.29, 0.717) is 0 Å². The van der Waals surface area contributed by atoms with E-state index in [1.165, 1.54) is 0 Å². The molecule has 0 fully saturated rings. The Hall–Kier alpha value is -1.77. The summed E-state index contributed by atoms with van der Waals surface area (Å²) in [6, 6.07) is 5.91. The Morgan fingerprint density at radius 2 is 2.00 bits per heavy atom. The van der Waals surface area contributed by atoms with E-state index in [-0.39, 0.29) is 5.91 Å². The standard InChI is InChI=1S/C15H21NO2/c1-5-16(6-2)15(17)10-8-13-11-12(3)7-9-14(13)18-4/h7-11H,5-6H2,1-4H3/b10-8+. The summed E-state index contributed by atoms with van der Waals surface area (Å²) in [6.07, 6.45) is 3.41. The minimum absolute atomic E-state index is 0.0311. The van der Waals surface area contributed by atoms with Gasteiger partial charge in [0.25, 0.3) is 0 Å². The fourth-order valence-corrected chi connectivity index (χ4v) is 1.79. The fraction of sp³-hybridized carbons (Fsp3) is 0.400. The van der Waals surface area contributed by atoms with Gasteiger partial charge >= 0.3 is 0 Å². The van der Waals surface area contributed by atoms with Crippen LogP contribution in [-0.4, -0.2) is 31.0 Å². The van der Waals surface area contributed by atoms with Crippen molar-refractivity contribution < 1.29 is 9.53 Å². The largest absolute Gasteiger partial charge is 0.496 e. The second-order valence-electron chi connectivity index (χ2n) is 4.09. The maximum atomic E-state index is 11.9. The molecular weight excluding hydrogens is 226 g/mol. The van der Waals surface area contributed by atoms with Crippen LogP contribution in [0, 0.1) is 6.92 Å². The molecule has 3 nitrogen and oxygen atoms in total. The number of likely N-dealkylation sites (N-methyl/N-ethyl adjacent to an activating group) is 1. The number of aryl methyl sites for hydroxylation is 1. The lowest BCUT2D eigenvalue weighted by Crippen LogP contribution is -2.28. The van der Waals surface area contributed by atoms with Crippen LogP contribution in [0.3, 0.4) is 0 Å². The van der Waals surface area contributed by atoms with E-state index in [0.717, 1.165) is 30.0 Å². The second kappa shape index (κ2) is 6.84. The molecule has 1 aromatic carbocycles. The van der Waals surface area contributed by atoms with Gasteiger partial charge in [0.05, 0.1) is 7.11 Å². The average molecular weight is 247 g/mol. The van der Waals surface area contributed by atoms with Crippen molar-refractivity contribution >= 4 is 12.0 Å². The van der Waals surface area contributed by atoms with Crippen molar-refractivity contribution in [3.63, 3.8) is 0 Å². The second-order valence-corrected chi connectivity index (χ2v) is 4.09. The molecule has 98 valence electrons. The van der Waals surface area contributed by atoms with Crippen molar-refractivity contribution in [1.29, 1.82) is 0 Å². The highest BCUT2D eigenvalue weighted by Gasteiger charge is 2.05. The molecule has 0 atom stereocenters. The van der Waals surface area contributed by atoms with Crippen LogP contribution in [0.5, 0.6) is 5.75 Å². The Bertz CT molecular complexity index is 434. The predicted molar refractivity (Wildman–Crippen MR) is 74.7 cm³/mol. The van der Waals surface area contributed by atoms with Crippen LogP contribution in [0.4, 0.5) is 0 Å². The number of nitrogens with zero attached hydrogens (tertiary/aromatic N) is 1. The zero-order valence-corrected chi connectivity index (χ0v) is 11.6. The van der Waals surface area contributed by atoms with Gasteiger partial charge in [-0.1, -0.05) is 11.6 Å². The monoisotopic (exact) mass is 247 g/mol. The van der Waals surface area contributed by atoms with Gasteiger partial charge in [0, 0.05) is 24.7 Å². The van der Waals surface area contributed by atoms with Gasteiger partial charge in [0.15, 0.2) is 0 Å². The molecule has 0 saturated heterocycles. The molecule has 0 bridgehead atoms. The summed E-state index contributed by atoms with van der Waals surface area (Å²) < 4.78 is 5.27. The Morgan fingerprint density at radius 1 is 1.33 bits per heavy atom. The van der Waals surface area contributed by atoms with Crippen LogP contribution in [0.15, 0.2) is 24.3 Å². The molecule has 1 rings (SSSR count). The summed E-state index contributed by atoms with van der Waals surface area (Å²) in [6.45, 7) is 7.42. The first-order chi connectivity index (χ1) is 8.62. The Balaban J connectivity index is 2.89. The molecule has 0 heterocycles. The van der Waals surface area contributed by atoms with Crippen molar-refractivity contribution in [2.24, 2.45) is 0 Å². The lowest BCUT2D eigenvalue weighted by atomic mass is 10.1. The van der Waals surface area contributed by atoms with E-state index in [9.17, 15) is 4.79 Å². The quantitative estimate of drug-likeness (QED) is 0.749. The lowest BCUT2D eigenvalue weighted by molar-refractivity contribution is -0.125. The molecule has 0 aliphatic carbocycles. The minimum Gasteiger partial charge on any atom is -0.496 e. The van der Waals surface area contributed by atoms with E-state index < -0.39 is 0 Å². The number of ether oxygens (including phenoxy) is 1. The minimum atomic E-state index is 0.0311. The molecule has 1 amide bonds. The van der Waals surface area contributed by atoms with Gasteiger partial charge in [0.1, 0.15) is 5.75 Å². The van der Waals surface area contributed by atoms with Gasteiger partial charge in [-0.05, 0) is 39.0 Å². The van der Waals surface area contributed by atoms with E-state index in [2.05, 4.69) is 0 Å². The van der Waals surface area contributed by atoms with E-state index in [4.69, 9.17) is 4.74 Å². The van der Waals surface area contributed by atoms with E-state index >= 15 is 0 Å². The molecule has 0 aliphatic rings. The van der Waals surface area contributed by atoms with Crippen molar-refractivity contribution in [3.05, 3.63) is 35.4 Å². The van der Waals surface area contributed by atoms with Crippen molar-refractivity contribution in [3.8, 4) is 5.75 Å². The third-order valence-electron chi connectivity index (χ3n) is 2.87. The topological polar surface area (TPSA) is 29.5 Å². The van der Waals surface area contributed by atoms with E-state index in [1.54, 1.807) is 18.1 Å². The van der Waals surface area contributed by atoms with Crippen LogP contribution in [0.1, 0.15) is 25.0 Å². The number of carbonyl (C=O) groups is 1. The smallest absolute Gasteiger partial charge is 0.246 e. The maximum Gasteiger partial charge on any atom is 0.246 e. The van der Waals surface area contributed by atoms with Crippen LogP contribution in [-0.2, 0) is 4.79 Å². The maximum absolute atomic E-state index is 11.9. The van der Waals surface area contributed by atoms with Crippen molar-refractivity contribution in [1.82, 2.24) is 4.90 Å². The summed E-state index contributed by atoms with van der Waals surface area (Å²) in [7, 11) is 1.63. The molecule has 3 heteroatoms. The van der Waals surface area contributed by atoms with E-state index in [1.807, 2.05) is 45.0 Å². The zero-order valence-electron chi connectivity index (χ0n) is 11.6. The summed E-state index contributed by atoms with van der Waals surface area (Å²) in [4.78, 5) is 13.6. The van der Waals surface area contributed by atoms with Gasteiger partial charge in [-0.15, -0.1) is 0 Å². The number of methoxy groups -OCH3 is 1. The first kappa shape index (κ1) is 14.3. The van der Waals surface area contributed by atoms with Crippen molar-refractivity contribution in [2.75, 3.05) is 20.2 Å². The molecular formula is C15H21NO2. The summed E-state index contributed by atoms with van der Waals surface area (Å²) in [5.74, 6) is 0.813. The van der Waals surface area contributed by atoms with Gasteiger partial charge in [-0.25, -0.2) is 0 Å². The highest BCUT2D eigenvalue weighted by Crippen LogP contribution is 2.21. The third-order valence-corrected chi connectivity index (χ3v) is 2.87. The van der Waals surface area contributed by atoms with Crippen LogP contribution < -0.4 is 4.74 Å². The van der Waals surface area contributed by atoms with Gasteiger partial charge in [-0.2, -0.15) is 0 Å². The number of amides is 1. The normalized spacial score (nSPS) is 10.7. The SMILES string of the molecule is CCN(CC)C(=O)/C=C/c1cc(C)ccc1OC. The summed E-state index contributed by atoms with van der Waals surface area (Å²) in [5, 5.41) is 0. The lowest BCUT2D eigenvalue weighted by Gasteiger charge is -2.16. The molecule has 0 unspecified atom stereocenters. The highest BCUT2D eigenvalue weighted by molar-refractivity contribution is 5.92. The van der Waals surface area contributed by atoms with Gasteiger partial charge < -0.3 is 9.64 Å². The van der Waals surface area contributed by atoms with Crippen LogP contribution in [0.2, 0.25) is 0 Å². The number of benzene rings is 1. The summed E-state index contributed by atoms with van der Waals surface area (Å²) in [5.41, 5.74) is 2.07. The van der Waals surface area contributed by atoms with Crippen LogP contribution in [0.25, 0.3) is 6.08 Å². The molecule has 0 aliphatic heterocycles. The average Bonchev–Trinajstić information content (AvgIpc) is 2.38. The number of rotatable bonds is 5. The molecule has 0 radical (unpaired) electrons. The molecule has 0 aromatic heterocycles.